The normalized spacial score (nSPS) is 11.4. The Morgan fingerprint density at radius 3 is 2.67 bits per heavy atom. The van der Waals surface area contributed by atoms with Crippen molar-refractivity contribution in [3.8, 4) is 5.75 Å². The zero-order valence-corrected chi connectivity index (χ0v) is 16.3. The molecule has 1 aromatic heterocycles. The molecule has 1 N–H and O–H groups in total. The lowest BCUT2D eigenvalue weighted by molar-refractivity contribution is -0.120. The van der Waals surface area contributed by atoms with E-state index >= 15 is 0 Å². The van der Waals surface area contributed by atoms with Crippen molar-refractivity contribution in [3.05, 3.63) is 48.0 Å². The van der Waals surface area contributed by atoms with Crippen molar-refractivity contribution in [2.45, 2.75) is 24.8 Å². The lowest BCUT2D eigenvalue weighted by Crippen LogP contribution is -2.25. The van der Waals surface area contributed by atoms with Crippen LogP contribution < -0.4 is 10.1 Å². The highest BCUT2D eigenvalue weighted by molar-refractivity contribution is 7.91. The summed E-state index contributed by atoms with van der Waals surface area (Å²) in [6.45, 7) is 2.83. The third kappa shape index (κ3) is 4.81. The van der Waals surface area contributed by atoms with E-state index in [-0.39, 0.29) is 23.0 Å². The minimum Gasteiger partial charge on any atom is -0.494 e. The number of nitrogens with one attached hydrogen (secondary N) is 1. The van der Waals surface area contributed by atoms with Gasteiger partial charge in [-0.15, -0.1) is 0 Å². The second kappa shape index (κ2) is 8.45. The number of nitrogens with zero attached hydrogens (tertiary/aromatic N) is 2. The molecule has 2 aromatic carbocycles. The molecular weight excluding hydrogens is 386 g/mol. The summed E-state index contributed by atoms with van der Waals surface area (Å²) in [7, 11) is -3.62. The summed E-state index contributed by atoms with van der Waals surface area (Å²) < 4.78 is 38.6. The second-order valence-electron chi connectivity index (χ2n) is 5.81. The molecule has 0 aliphatic rings. The molecular formula is C18H19N3O4S2. The summed E-state index contributed by atoms with van der Waals surface area (Å²) in [6, 6.07) is 12.2. The molecule has 3 aromatic rings. The van der Waals surface area contributed by atoms with E-state index in [1.54, 1.807) is 12.1 Å². The van der Waals surface area contributed by atoms with Crippen LogP contribution in [0.3, 0.4) is 0 Å². The molecule has 9 heteroatoms. The number of sulfone groups is 1. The van der Waals surface area contributed by atoms with E-state index in [0.29, 0.717) is 24.2 Å². The van der Waals surface area contributed by atoms with Crippen LogP contribution in [0.25, 0.3) is 11.0 Å². The Balaban J connectivity index is 1.56. The highest BCUT2D eigenvalue weighted by atomic mass is 32.2. The number of amides is 1. The molecule has 0 radical (unpaired) electrons. The quantitative estimate of drug-likeness (QED) is 0.618. The van der Waals surface area contributed by atoms with Crippen LogP contribution in [0.5, 0.6) is 5.75 Å². The number of aromatic nitrogens is 2. The molecule has 0 aliphatic heterocycles. The second-order valence-corrected chi connectivity index (χ2v) is 8.42. The van der Waals surface area contributed by atoms with Gasteiger partial charge in [0.05, 0.1) is 29.0 Å². The largest absolute Gasteiger partial charge is 0.494 e. The summed E-state index contributed by atoms with van der Waals surface area (Å²) in [5.74, 6) is 0.166. The maximum atomic E-state index is 12.6. The number of benzene rings is 2. The van der Waals surface area contributed by atoms with E-state index in [4.69, 9.17) is 4.74 Å². The zero-order valence-electron chi connectivity index (χ0n) is 14.7. The van der Waals surface area contributed by atoms with E-state index in [0.717, 1.165) is 23.0 Å². The number of hydrogen-bond donors (Lipinski definition) is 1. The molecule has 0 bridgehead atoms. The minimum absolute atomic E-state index is 0.118. The number of rotatable bonds is 8. The minimum atomic E-state index is -3.62. The van der Waals surface area contributed by atoms with E-state index < -0.39 is 9.84 Å². The highest BCUT2D eigenvalue weighted by Crippen LogP contribution is 2.22. The fourth-order valence-electron chi connectivity index (χ4n) is 2.53. The van der Waals surface area contributed by atoms with E-state index in [1.165, 1.54) is 6.07 Å². The molecule has 3 rings (SSSR count). The Labute approximate surface area is 161 Å². The van der Waals surface area contributed by atoms with Crippen LogP contribution in [0.4, 0.5) is 0 Å². The molecule has 0 fully saturated rings. The summed E-state index contributed by atoms with van der Waals surface area (Å²) in [5.41, 5.74) is 1.81. The van der Waals surface area contributed by atoms with Crippen LogP contribution in [-0.2, 0) is 21.2 Å². The highest BCUT2D eigenvalue weighted by Gasteiger charge is 2.20. The van der Waals surface area contributed by atoms with Crippen LogP contribution in [0.2, 0.25) is 0 Å². The summed E-state index contributed by atoms with van der Waals surface area (Å²) in [4.78, 5) is 12.2. The summed E-state index contributed by atoms with van der Waals surface area (Å²) in [5, 5.41) is 2.74. The Kier molecular flexibility index (Phi) is 6.02. The molecule has 0 saturated carbocycles. The maximum Gasteiger partial charge on any atom is 0.221 e. The van der Waals surface area contributed by atoms with Crippen molar-refractivity contribution in [1.82, 2.24) is 14.1 Å². The van der Waals surface area contributed by atoms with Gasteiger partial charge >= 0.3 is 0 Å². The van der Waals surface area contributed by atoms with Crippen LogP contribution >= 0.6 is 11.7 Å². The SMILES string of the molecule is CCOc1ccc(CNC(=O)CCS(=O)(=O)c2cccc3nsnc23)cc1. The topological polar surface area (TPSA) is 98.2 Å². The van der Waals surface area contributed by atoms with Gasteiger partial charge in [0.15, 0.2) is 9.84 Å². The lowest BCUT2D eigenvalue weighted by Gasteiger charge is -2.08. The molecule has 1 heterocycles. The number of carbonyl (C=O) groups excluding carboxylic acids is 1. The van der Waals surface area contributed by atoms with Crippen LogP contribution in [0.1, 0.15) is 18.9 Å². The average molecular weight is 406 g/mol. The standard InChI is InChI=1S/C18H19N3O4S2/c1-2-25-14-8-6-13(7-9-14)12-19-17(22)10-11-27(23,24)16-5-3-4-15-18(16)21-26-20-15/h3-9H,2,10-12H2,1H3,(H,19,22). The predicted octanol–water partition coefficient (Wildman–Crippen LogP) is 2.57. The first kappa shape index (κ1) is 19.2. The molecule has 0 unspecified atom stereocenters. The van der Waals surface area contributed by atoms with Gasteiger partial charge in [0.25, 0.3) is 0 Å². The van der Waals surface area contributed by atoms with E-state index in [2.05, 4.69) is 14.1 Å². The lowest BCUT2D eigenvalue weighted by atomic mass is 10.2. The predicted molar refractivity (Wildman–Crippen MR) is 104 cm³/mol. The first-order valence-corrected chi connectivity index (χ1v) is 10.8. The molecule has 7 nitrogen and oxygen atoms in total. The first-order chi connectivity index (χ1) is 13.0. The Morgan fingerprint density at radius 2 is 1.93 bits per heavy atom. The van der Waals surface area contributed by atoms with Crippen molar-refractivity contribution in [2.24, 2.45) is 0 Å². The van der Waals surface area contributed by atoms with Gasteiger partial charge in [-0.2, -0.15) is 8.75 Å². The van der Waals surface area contributed by atoms with Crippen molar-refractivity contribution in [1.29, 1.82) is 0 Å². The van der Waals surface area contributed by atoms with Gasteiger partial charge in [0, 0.05) is 13.0 Å². The van der Waals surface area contributed by atoms with Crippen molar-refractivity contribution >= 4 is 38.5 Å². The third-order valence-corrected chi connectivity index (χ3v) is 6.19. The van der Waals surface area contributed by atoms with Gasteiger partial charge in [-0.05, 0) is 36.8 Å². The van der Waals surface area contributed by atoms with Gasteiger partial charge < -0.3 is 10.1 Å². The molecule has 142 valence electrons. The van der Waals surface area contributed by atoms with Gasteiger partial charge in [-0.1, -0.05) is 18.2 Å². The summed E-state index contributed by atoms with van der Waals surface area (Å²) >= 11 is 0.965. The third-order valence-electron chi connectivity index (χ3n) is 3.91. The molecule has 27 heavy (non-hydrogen) atoms. The van der Waals surface area contributed by atoms with Gasteiger partial charge in [0.2, 0.25) is 5.91 Å². The van der Waals surface area contributed by atoms with Crippen LogP contribution in [-0.4, -0.2) is 35.4 Å². The fraction of sp³-hybridized carbons (Fsp3) is 0.278. The molecule has 0 spiro atoms. The Morgan fingerprint density at radius 1 is 1.15 bits per heavy atom. The van der Waals surface area contributed by atoms with Gasteiger partial charge in [0.1, 0.15) is 16.8 Å². The number of hydrogen-bond acceptors (Lipinski definition) is 7. The van der Waals surface area contributed by atoms with E-state index in [9.17, 15) is 13.2 Å². The van der Waals surface area contributed by atoms with Gasteiger partial charge in [-0.25, -0.2) is 8.42 Å². The van der Waals surface area contributed by atoms with Crippen molar-refractivity contribution in [3.63, 3.8) is 0 Å². The molecule has 0 atom stereocenters. The van der Waals surface area contributed by atoms with Crippen LogP contribution in [0.15, 0.2) is 47.4 Å². The Hall–Kier alpha value is -2.52. The average Bonchev–Trinajstić information content (AvgIpc) is 3.15. The van der Waals surface area contributed by atoms with Crippen molar-refractivity contribution < 1.29 is 17.9 Å². The fourth-order valence-corrected chi connectivity index (χ4v) is 4.54. The summed E-state index contributed by atoms with van der Waals surface area (Å²) in [6.07, 6.45) is -0.118. The number of fused-ring (bicyclic) bond motifs is 1. The molecule has 0 saturated heterocycles. The van der Waals surface area contributed by atoms with Gasteiger partial charge in [-0.3, -0.25) is 4.79 Å². The van der Waals surface area contributed by atoms with E-state index in [1.807, 2.05) is 31.2 Å². The number of ether oxygens (including phenoxy) is 1. The van der Waals surface area contributed by atoms with Crippen molar-refractivity contribution in [2.75, 3.05) is 12.4 Å². The molecule has 0 aliphatic carbocycles. The Bertz CT molecular complexity index is 1030. The molecule has 1 amide bonds. The zero-order chi connectivity index (χ0) is 19.3. The maximum absolute atomic E-state index is 12.6. The smallest absolute Gasteiger partial charge is 0.221 e. The number of carbonyl (C=O) groups is 1. The monoisotopic (exact) mass is 405 g/mol. The first-order valence-electron chi connectivity index (χ1n) is 8.42. The van der Waals surface area contributed by atoms with Crippen LogP contribution in [0, 0.1) is 0 Å².